The zero-order valence-electron chi connectivity index (χ0n) is 17.9. The summed E-state index contributed by atoms with van der Waals surface area (Å²) < 4.78 is 27.3. The van der Waals surface area contributed by atoms with Gasteiger partial charge in [0.05, 0.1) is 9.82 Å². The van der Waals surface area contributed by atoms with E-state index in [-0.39, 0.29) is 22.3 Å². The van der Waals surface area contributed by atoms with Gasteiger partial charge >= 0.3 is 0 Å². The van der Waals surface area contributed by atoms with Crippen molar-refractivity contribution in [2.24, 2.45) is 5.92 Å². The lowest BCUT2D eigenvalue weighted by Gasteiger charge is -2.33. The molecule has 0 aliphatic carbocycles. The highest BCUT2D eigenvalue weighted by atomic mass is 32.2. The van der Waals surface area contributed by atoms with E-state index in [1.54, 1.807) is 12.1 Å². The molecule has 2 heterocycles. The zero-order chi connectivity index (χ0) is 22.7. The van der Waals surface area contributed by atoms with Crippen LogP contribution >= 0.6 is 0 Å². The van der Waals surface area contributed by atoms with Gasteiger partial charge in [0.1, 0.15) is 5.69 Å². The summed E-state index contributed by atoms with van der Waals surface area (Å²) in [6.45, 7) is 1.90. The largest absolute Gasteiger partial charge is 0.366 e. The Bertz CT molecular complexity index is 1090. The molecule has 2 fully saturated rings. The van der Waals surface area contributed by atoms with E-state index in [2.05, 4.69) is 0 Å². The molecule has 0 amide bonds. The minimum absolute atomic E-state index is 0.0380. The van der Waals surface area contributed by atoms with Crippen molar-refractivity contribution in [2.45, 2.75) is 37.0 Å². The molecule has 0 N–H and O–H groups in total. The number of sulfonamides is 1. The van der Waals surface area contributed by atoms with E-state index >= 15 is 0 Å². The van der Waals surface area contributed by atoms with Gasteiger partial charge in [-0.2, -0.15) is 4.31 Å². The van der Waals surface area contributed by atoms with E-state index in [1.807, 2.05) is 23.1 Å². The Kier molecular flexibility index (Phi) is 6.57. The number of hydrogen-bond acceptors (Lipinski definition) is 6. The number of hydrogen-bond donors (Lipinski definition) is 0. The quantitative estimate of drug-likeness (QED) is 0.371. The van der Waals surface area contributed by atoms with Crippen molar-refractivity contribution in [2.75, 3.05) is 31.1 Å². The van der Waals surface area contributed by atoms with Gasteiger partial charge in [0.25, 0.3) is 5.69 Å². The molecule has 9 heteroatoms. The van der Waals surface area contributed by atoms with Crippen molar-refractivity contribution in [3.63, 3.8) is 0 Å². The number of rotatable bonds is 6. The smallest absolute Gasteiger partial charge is 0.293 e. The third-order valence-corrected chi connectivity index (χ3v) is 8.26. The second-order valence-electron chi connectivity index (χ2n) is 8.36. The molecule has 170 valence electrons. The first-order valence-electron chi connectivity index (χ1n) is 11.0. The van der Waals surface area contributed by atoms with Gasteiger partial charge in [-0.05, 0) is 37.8 Å². The lowest BCUT2D eigenvalue weighted by Crippen LogP contribution is -2.37. The number of ketones is 1. The average Bonchev–Trinajstić information content (AvgIpc) is 2.84. The number of nitrogens with zero attached hydrogens (tertiary/aromatic N) is 3. The van der Waals surface area contributed by atoms with E-state index in [1.165, 1.54) is 22.5 Å². The number of carbonyl (C=O) groups is 1. The standard InChI is InChI=1S/C23H27N3O5S/c27-23(18-7-3-1-4-8-18)19-11-15-24(16-12-19)21-10-9-20(17-22(21)26(28)29)32(30,31)25-13-5-2-6-14-25/h1,3-4,7-10,17,19H,2,5-6,11-16H2. The maximum Gasteiger partial charge on any atom is 0.293 e. The molecule has 4 rings (SSSR count). The predicted octanol–water partition coefficient (Wildman–Crippen LogP) is 3.87. The van der Waals surface area contributed by atoms with E-state index in [4.69, 9.17) is 0 Å². The number of benzene rings is 2. The molecule has 2 aromatic rings. The van der Waals surface area contributed by atoms with Crippen LogP contribution in [0.5, 0.6) is 0 Å². The van der Waals surface area contributed by atoms with Crippen LogP contribution in [0.1, 0.15) is 42.5 Å². The predicted molar refractivity (Wildman–Crippen MR) is 121 cm³/mol. The van der Waals surface area contributed by atoms with Crippen LogP contribution in [0.15, 0.2) is 53.4 Å². The lowest BCUT2D eigenvalue weighted by molar-refractivity contribution is -0.384. The van der Waals surface area contributed by atoms with Crippen LogP contribution in [0.25, 0.3) is 0 Å². The van der Waals surface area contributed by atoms with E-state index in [0.29, 0.717) is 50.3 Å². The van der Waals surface area contributed by atoms with Gasteiger partial charge in [-0.3, -0.25) is 14.9 Å². The summed E-state index contributed by atoms with van der Waals surface area (Å²) in [4.78, 5) is 25.8. The van der Waals surface area contributed by atoms with Gasteiger partial charge in [0.15, 0.2) is 5.78 Å². The Morgan fingerprint density at radius 2 is 1.59 bits per heavy atom. The number of piperidine rings is 2. The summed E-state index contributed by atoms with van der Waals surface area (Å²) in [6.07, 6.45) is 3.79. The SMILES string of the molecule is O=C(c1ccccc1)C1CCN(c2ccc(S(=O)(=O)N3CCCCC3)cc2[N+](=O)[O-])CC1. The third kappa shape index (κ3) is 4.54. The minimum Gasteiger partial charge on any atom is -0.366 e. The van der Waals surface area contributed by atoms with Crippen molar-refractivity contribution in [1.82, 2.24) is 4.31 Å². The van der Waals surface area contributed by atoms with E-state index < -0.39 is 14.9 Å². The summed E-state index contributed by atoms with van der Waals surface area (Å²) >= 11 is 0. The summed E-state index contributed by atoms with van der Waals surface area (Å²) in [5.41, 5.74) is 0.873. The molecule has 32 heavy (non-hydrogen) atoms. The molecule has 0 atom stereocenters. The molecule has 8 nitrogen and oxygen atoms in total. The maximum atomic E-state index is 13.0. The van der Waals surface area contributed by atoms with Crippen LogP contribution in [0.2, 0.25) is 0 Å². The van der Waals surface area contributed by atoms with Crippen molar-refractivity contribution in [3.05, 3.63) is 64.2 Å². The molecule has 0 spiro atoms. The van der Waals surface area contributed by atoms with Crippen LogP contribution < -0.4 is 4.90 Å². The molecule has 0 unspecified atom stereocenters. The maximum absolute atomic E-state index is 13.0. The van der Waals surface area contributed by atoms with Crippen molar-refractivity contribution >= 4 is 27.2 Å². The summed E-state index contributed by atoms with van der Waals surface area (Å²) in [5, 5.41) is 11.8. The van der Waals surface area contributed by atoms with Crippen LogP contribution in [-0.4, -0.2) is 49.6 Å². The molecule has 0 bridgehead atoms. The molecule has 2 aromatic carbocycles. The van der Waals surface area contributed by atoms with Crippen LogP contribution in [0.4, 0.5) is 11.4 Å². The van der Waals surface area contributed by atoms with Crippen LogP contribution in [0, 0.1) is 16.0 Å². The first kappa shape index (κ1) is 22.4. The highest BCUT2D eigenvalue weighted by Crippen LogP contribution is 2.35. The first-order valence-corrected chi connectivity index (χ1v) is 12.4. The molecule has 2 aliphatic rings. The fourth-order valence-electron chi connectivity index (χ4n) is 4.55. The molecule has 0 saturated carbocycles. The van der Waals surface area contributed by atoms with Crippen molar-refractivity contribution in [1.29, 1.82) is 0 Å². The molecular weight excluding hydrogens is 430 g/mol. The Morgan fingerprint density at radius 1 is 0.938 bits per heavy atom. The molecule has 0 radical (unpaired) electrons. The highest BCUT2D eigenvalue weighted by Gasteiger charge is 2.32. The van der Waals surface area contributed by atoms with Crippen LogP contribution in [0.3, 0.4) is 0 Å². The molecular formula is C23H27N3O5S. The van der Waals surface area contributed by atoms with Gasteiger partial charge in [0, 0.05) is 43.7 Å². The number of carbonyl (C=O) groups excluding carboxylic acids is 1. The van der Waals surface area contributed by atoms with Gasteiger partial charge in [-0.15, -0.1) is 0 Å². The highest BCUT2D eigenvalue weighted by molar-refractivity contribution is 7.89. The normalized spacial score (nSPS) is 18.4. The first-order chi connectivity index (χ1) is 15.4. The minimum atomic E-state index is -3.75. The Hall–Kier alpha value is -2.78. The monoisotopic (exact) mass is 457 g/mol. The van der Waals surface area contributed by atoms with Crippen LogP contribution in [-0.2, 0) is 10.0 Å². The Morgan fingerprint density at radius 3 is 2.22 bits per heavy atom. The van der Waals surface area contributed by atoms with Crippen molar-refractivity contribution < 1.29 is 18.1 Å². The lowest BCUT2D eigenvalue weighted by atomic mass is 9.88. The van der Waals surface area contributed by atoms with Gasteiger partial charge in [0.2, 0.25) is 10.0 Å². The fraction of sp³-hybridized carbons (Fsp3) is 0.435. The Labute approximate surface area is 188 Å². The fourth-order valence-corrected chi connectivity index (χ4v) is 6.09. The summed E-state index contributed by atoms with van der Waals surface area (Å²) in [5.74, 6) is -0.0193. The Balaban J connectivity index is 1.52. The topological polar surface area (TPSA) is 101 Å². The second kappa shape index (κ2) is 9.38. The molecule has 0 aromatic heterocycles. The van der Waals surface area contributed by atoms with E-state index in [0.717, 1.165) is 19.3 Å². The van der Waals surface area contributed by atoms with E-state index in [9.17, 15) is 23.3 Å². The van der Waals surface area contributed by atoms with Gasteiger partial charge in [-0.1, -0.05) is 36.8 Å². The number of nitro benzene ring substituents is 1. The number of Topliss-reactive ketones (excluding diaryl/α,β-unsaturated/α-hetero) is 1. The second-order valence-corrected chi connectivity index (χ2v) is 10.3. The average molecular weight is 458 g/mol. The summed E-state index contributed by atoms with van der Waals surface area (Å²) in [6, 6.07) is 13.3. The zero-order valence-corrected chi connectivity index (χ0v) is 18.7. The summed E-state index contributed by atoms with van der Waals surface area (Å²) in [7, 11) is -3.75. The third-order valence-electron chi connectivity index (χ3n) is 6.36. The molecule has 2 saturated heterocycles. The van der Waals surface area contributed by atoms with Crippen molar-refractivity contribution in [3.8, 4) is 0 Å². The molecule has 2 aliphatic heterocycles. The van der Waals surface area contributed by atoms with Gasteiger partial charge < -0.3 is 4.90 Å². The number of nitro groups is 1. The van der Waals surface area contributed by atoms with Gasteiger partial charge in [-0.25, -0.2) is 8.42 Å². The number of anilines is 1.